The van der Waals surface area contributed by atoms with E-state index in [1.807, 2.05) is 0 Å². The summed E-state index contributed by atoms with van der Waals surface area (Å²) in [5.41, 5.74) is 1.28. The van der Waals surface area contributed by atoms with Crippen molar-refractivity contribution in [3.05, 3.63) is 29.8 Å². The summed E-state index contributed by atoms with van der Waals surface area (Å²) in [5, 5.41) is 8.62. The highest BCUT2D eigenvalue weighted by molar-refractivity contribution is 5.95. The molecule has 0 spiro atoms. The van der Waals surface area contributed by atoms with Crippen LogP contribution in [0.3, 0.4) is 0 Å². The Balaban J connectivity index is 1.66. The van der Waals surface area contributed by atoms with Gasteiger partial charge in [-0.1, -0.05) is 26.7 Å². The Morgan fingerprint density at radius 2 is 1.85 bits per heavy atom. The highest BCUT2D eigenvalue weighted by atomic mass is 16.5. The number of amides is 3. The summed E-state index contributed by atoms with van der Waals surface area (Å²) in [5.74, 6) is 0.476. The average molecular weight is 361 g/mol. The molecular weight excluding hydrogens is 330 g/mol. The van der Waals surface area contributed by atoms with E-state index in [-0.39, 0.29) is 11.9 Å². The third-order valence-corrected chi connectivity index (χ3v) is 4.30. The summed E-state index contributed by atoms with van der Waals surface area (Å²) in [7, 11) is 0. The Kier molecular flexibility index (Phi) is 8.41. The lowest BCUT2D eigenvalue weighted by Crippen LogP contribution is -2.32. The van der Waals surface area contributed by atoms with Crippen LogP contribution in [0.2, 0.25) is 0 Å². The van der Waals surface area contributed by atoms with Crippen molar-refractivity contribution < 1.29 is 14.3 Å². The van der Waals surface area contributed by atoms with Gasteiger partial charge in [0.2, 0.25) is 0 Å². The van der Waals surface area contributed by atoms with Gasteiger partial charge in [0.1, 0.15) is 0 Å². The fourth-order valence-electron chi connectivity index (χ4n) is 2.91. The van der Waals surface area contributed by atoms with E-state index in [1.54, 1.807) is 24.3 Å². The number of carbonyl (C=O) groups is 2. The van der Waals surface area contributed by atoms with Crippen LogP contribution in [-0.4, -0.2) is 37.7 Å². The molecule has 26 heavy (non-hydrogen) atoms. The predicted molar refractivity (Wildman–Crippen MR) is 103 cm³/mol. The maximum atomic E-state index is 12.2. The summed E-state index contributed by atoms with van der Waals surface area (Å²) in [6.45, 7) is 6.16. The largest absolute Gasteiger partial charge is 0.381 e. The van der Waals surface area contributed by atoms with Crippen LogP contribution in [0.5, 0.6) is 0 Å². The van der Waals surface area contributed by atoms with E-state index in [2.05, 4.69) is 29.8 Å². The van der Waals surface area contributed by atoms with E-state index >= 15 is 0 Å². The summed E-state index contributed by atoms with van der Waals surface area (Å²) in [6.07, 6.45) is 5.28. The lowest BCUT2D eigenvalue weighted by atomic mass is 10.1. The predicted octanol–water partition coefficient (Wildman–Crippen LogP) is 3.54. The molecule has 2 rings (SSSR count). The van der Waals surface area contributed by atoms with Gasteiger partial charge in [-0.3, -0.25) is 4.79 Å². The second-order valence-corrected chi connectivity index (χ2v) is 7.24. The fourth-order valence-corrected chi connectivity index (χ4v) is 2.91. The zero-order chi connectivity index (χ0) is 18.8. The normalized spacial score (nSPS) is 14.4. The minimum atomic E-state index is -0.253. The van der Waals surface area contributed by atoms with E-state index in [4.69, 9.17) is 4.74 Å². The number of urea groups is 1. The minimum Gasteiger partial charge on any atom is -0.381 e. The first-order chi connectivity index (χ1) is 12.5. The van der Waals surface area contributed by atoms with E-state index in [0.29, 0.717) is 36.4 Å². The lowest BCUT2D eigenvalue weighted by molar-refractivity contribution is 0.0938. The molecule has 0 radical (unpaired) electrons. The Hall–Kier alpha value is -2.08. The standard InChI is InChI=1S/C20H31N3O3/c1-15(2)14-26-13-5-12-21-20(25)23-18-10-8-16(9-11-18)19(24)22-17-6-3-4-7-17/h8-11,15,17H,3-7,12-14H2,1-2H3,(H,22,24)(H2,21,23,25). The maximum absolute atomic E-state index is 12.2. The first kappa shape index (κ1) is 20.2. The molecular formula is C20H31N3O3. The van der Waals surface area contributed by atoms with Crippen LogP contribution in [0.4, 0.5) is 10.5 Å². The van der Waals surface area contributed by atoms with Crippen LogP contribution in [0.25, 0.3) is 0 Å². The van der Waals surface area contributed by atoms with E-state index in [9.17, 15) is 9.59 Å². The second kappa shape index (κ2) is 10.8. The third-order valence-electron chi connectivity index (χ3n) is 4.30. The summed E-state index contributed by atoms with van der Waals surface area (Å²) >= 11 is 0. The molecule has 3 amide bonds. The fraction of sp³-hybridized carbons (Fsp3) is 0.600. The Bertz CT molecular complexity index is 566. The minimum absolute atomic E-state index is 0.0469. The molecule has 0 aromatic heterocycles. The first-order valence-electron chi connectivity index (χ1n) is 9.58. The monoisotopic (exact) mass is 361 g/mol. The SMILES string of the molecule is CC(C)COCCCNC(=O)Nc1ccc(C(=O)NC2CCCC2)cc1. The molecule has 6 heteroatoms. The highest BCUT2D eigenvalue weighted by Gasteiger charge is 2.17. The molecule has 1 aromatic carbocycles. The summed E-state index contributed by atoms with van der Waals surface area (Å²) in [6, 6.07) is 7.01. The molecule has 1 aliphatic rings. The van der Waals surface area contributed by atoms with Crippen LogP contribution < -0.4 is 16.0 Å². The molecule has 1 aliphatic carbocycles. The van der Waals surface area contributed by atoms with Gasteiger partial charge in [-0.15, -0.1) is 0 Å². The number of ether oxygens (including phenoxy) is 1. The number of rotatable bonds is 9. The van der Waals surface area contributed by atoms with Crippen molar-refractivity contribution >= 4 is 17.6 Å². The van der Waals surface area contributed by atoms with Gasteiger partial charge < -0.3 is 20.7 Å². The van der Waals surface area contributed by atoms with Crippen molar-refractivity contribution in [2.75, 3.05) is 25.1 Å². The van der Waals surface area contributed by atoms with E-state index < -0.39 is 0 Å². The number of hydrogen-bond acceptors (Lipinski definition) is 3. The van der Waals surface area contributed by atoms with Crippen LogP contribution in [0.15, 0.2) is 24.3 Å². The van der Waals surface area contributed by atoms with Crippen molar-refractivity contribution in [3.63, 3.8) is 0 Å². The molecule has 0 heterocycles. The van der Waals surface area contributed by atoms with Crippen molar-refractivity contribution in [1.82, 2.24) is 10.6 Å². The van der Waals surface area contributed by atoms with E-state index in [1.165, 1.54) is 12.8 Å². The second-order valence-electron chi connectivity index (χ2n) is 7.24. The van der Waals surface area contributed by atoms with Crippen LogP contribution >= 0.6 is 0 Å². The van der Waals surface area contributed by atoms with Gasteiger partial charge in [0.25, 0.3) is 5.91 Å². The van der Waals surface area contributed by atoms with E-state index in [0.717, 1.165) is 25.9 Å². The Morgan fingerprint density at radius 3 is 2.50 bits per heavy atom. The van der Waals surface area contributed by atoms with Gasteiger partial charge in [0, 0.05) is 37.1 Å². The molecule has 6 nitrogen and oxygen atoms in total. The maximum Gasteiger partial charge on any atom is 0.319 e. The molecule has 1 fully saturated rings. The topological polar surface area (TPSA) is 79.5 Å². The van der Waals surface area contributed by atoms with Crippen molar-refractivity contribution in [3.8, 4) is 0 Å². The molecule has 0 aliphatic heterocycles. The third kappa shape index (κ3) is 7.44. The molecule has 0 bridgehead atoms. The Labute approximate surface area is 156 Å². The van der Waals surface area contributed by atoms with Gasteiger partial charge in [-0.2, -0.15) is 0 Å². The molecule has 0 atom stereocenters. The number of benzene rings is 1. The van der Waals surface area contributed by atoms with Gasteiger partial charge in [-0.05, 0) is 49.4 Å². The average Bonchev–Trinajstić information content (AvgIpc) is 3.11. The molecule has 1 saturated carbocycles. The molecule has 0 unspecified atom stereocenters. The number of anilines is 1. The number of hydrogen-bond donors (Lipinski definition) is 3. The molecule has 0 saturated heterocycles. The lowest BCUT2D eigenvalue weighted by Gasteiger charge is -2.12. The van der Waals surface area contributed by atoms with Crippen LogP contribution in [-0.2, 0) is 4.74 Å². The molecule has 3 N–H and O–H groups in total. The molecule has 144 valence electrons. The first-order valence-corrected chi connectivity index (χ1v) is 9.58. The summed E-state index contributed by atoms with van der Waals surface area (Å²) < 4.78 is 5.47. The summed E-state index contributed by atoms with van der Waals surface area (Å²) in [4.78, 5) is 24.0. The van der Waals surface area contributed by atoms with Crippen molar-refractivity contribution in [1.29, 1.82) is 0 Å². The zero-order valence-electron chi connectivity index (χ0n) is 15.8. The zero-order valence-corrected chi connectivity index (χ0v) is 15.8. The molecule has 1 aromatic rings. The smallest absolute Gasteiger partial charge is 0.319 e. The van der Waals surface area contributed by atoms with Gasteiger partial charge in [0.05, 0.1) is 0 Å². The van der Waals surface area contributed by atoms with Crippen LogP contribution in [0, 0.1) is 5.92 Å². The number of nitrogens with one attached hydrogen (secondary N) is 3. The van der Waals surface area contributed by atoms with Crippen LogP contribution in [0.1, 0.15) is 56.3 Å². The van der Waals surface area contributed by atoms with Crippen molar-refractivity contribution in [2.24, 2.45) is 5.92 Å². The van der Waals surface area contributed by atoms with Gasteiger partial charge in [0.15, 0.2) is 0 Å². The van der Waals surface area contributed by atoms with Gasteiger partial charge in [-0.25, -0.2) is 4.79 Å². The highest BCUT2D eigenvalue weighted by Crippen LogP contribution is 2.18. The quantitative estimate of drug-likeness (QED) is 0.589. The number of carbonyl (C=O) groups excluding carboxylic acids is 2. The Morgan fingerprint density at radius 1 is 1.15 bits per heavy atom. The van der Waals surface area contributed by atoms with Gasteiger partial charge >= 0.3 is 6.03 Å². The van der Waals surface area contributed by atoms with Crippen molar-refractivity contribution in [2.45, 2.75) is 52.0 Å².